The Hall–Kier alpha value is -3.09. The molecule has 0 bridgehead atoms. The van der Waals surface area contributed by atoms with Crippen LogP contribution in [0.1, 0.15) is 12.0 Å². The maximum absolute atomic E-state index is 13.0. The van der Waals surface area contributed by atoms with Crippen LogP contribution in [0.25, 0.3) is 0 Å². The topological polar surface area (TPSA) is 70.7 Å². The van der Waals surface area contributed by atoms with Gasteiger partial charge in [0.2, 0.25) is 5.91 Å². The molecule has 2 N–H and O–H groups in total. The van der Waals surface area contributed by atoms with Crippen molar-refractivity contribution >= 4 is 17.6 Å². The summed E-state index contributed by atoms with van der Waals surface area (Å²) in [5, 5.41) is 5.55. The second kappa shape index (κ2) is 8.53. The predicted molar refractivity (Wildman–Crippen MR) is 99.9 cm³/mol. The zero-order chi connectivity index (χ0) is 19.2. The third-order valence-corrected chi connectivity index (χ3v) is 4.48. The van der Waals surface area contributed by atoms with E-state index >= 15 is 0 Å². The molecule has 0 aromatic heterocycles. The van der Waals surface area contributed by atoms with Crippen molar-refractivity contribution in [2.45, 2.75) is 13.0 Å². The van der Waals surface area contributed by atoms with Crippen LogP contribution in [0.3, 0.4) is 0 Å². The van der Waals surface area contributed by atoms with E-state index in [0.717, 1.165) is 5.56 Å². The number of methoxy groups -OCH3 is 1. The highest BCUT2D eigenvalue weighted by Crippen LogP contribution is 2.20. The Balaban J connectivity index is 1.45. The van der Waals surface area contributed by atoms with Crippen molar-refractivity contribution in [3.8, 4) is 5.75 Å². The molecule has 0 radical (unpaired) electrons. The van der Waals surface area contributed by atoms with Gasteiger partial charge >= 0.3 is 6.03 Å². The Morgan fingerprint density at radius 3 is 2.56 bits per heavy atom. The minimum atomic E-state index is -0.315. The standard InChI is InChI=1S/C20H22FN3O3/c1-27-18-8-6-17(7-9-18)23-20(26)22-11-15-10-19(25)24(13-15)12-14-2-4-16(21)5-3-14/h2-9,15H,10-13H2,1H3,(H2,22,23,26). The Morgan fingerprint density at radius 2 is 1.89 bits per heavy atom. The molecule has 1 saturated heterocycles. The van der Waals surface area contributed by atoms with Gasteiger partial charge in [0.05, 0.1) is 7.11 Å². The number of urea groups is 1. The lowest BCUT2D eigenvalue weighted by atomic mass is 10.1. The number of carbonyl (C=O) groups excluding carboxylic acids is 2. The molecule has 27 heavy (non-hydrogen) atoms. The number of nitrogens with zero attached hydrogens (tertiary/aromatic N) is 1. The summed E-state index contributed by atoms with van der Waals surface area (Å²) in [6.07, 6.45) is 0.393. The van der Waals surface area contributed by atoms with Crippen LogP contribution in [0.15, 0.2) is 48.5 Å². The molecule has 1 unspecified atom stereocenters. The van der Waals surface area contributed by atoms with Gasteiger partial charge in [0.1, 0.15) is 11.6 Å². The first kappa shape index (κ1) is 18.7. The van der Waals surface area contributed by atoms with Crippen LogP contribution in [-0.2, 0) is 11.3 Å². The van der Waals surface area contributed by atoms with Gasteiger partial charge in [0, 0.05) is 37.7 Å². The summed E-state index contributed by atoms with van der Waals surface area (Å²) >= 11 is 0. The quantitative estimate of drug-likeness (QED) is 0.820. The van der Waals surface area contributed by atoms with Crippen molar-refractivity contribution in [1.29, 1.82) is 0 Å². The van der Waals surface area contributed by atoms with Gasteiger partial charge in [0.25, 0.3) is 0 Å². The van der Waals surface area contributed by atoms with Gasteiger partial charge in [0.15, 0.2) is 0 Å². The van der Waals surface area contributed by atoms with E-state index in [1.54, 1.807) is 48.4 Å². The van der Waals surface area contributed by atoms with E-state index in [2.05, 4.69) is 10.6 Å². The van der Waals surface area contributed by atoms with Crippen LogP contribution in [-0.4, -0.2) is 37.0 Å². The third kappa shape index (κ3) is 5.20. The van der Waals surface area contributed by atoms with Crippen LogP contribution >= 0.6 is 0 Å². The van der Waals surface area contributed by atoms with Crippen LogP contribution in [0, 0.1) is 11.7 Å². The van der Waals surface area contributed by atoms with E-state index in [4.69, 9.17) is 4.74 Å². The largest absolute Gasteiger partial charge is 0.497 e. The molecular formula is C20H22FN3O3. The first-order chi connectivity index (χ1) is 13.0. The number of hydrogen-bond donors (Lipinski definition) is 2. The summed E-state index contributed by atoms with van der Waals surface area (Å²) in [5.74, 6) is 0.518. The number of amides is 3. The van der Waals surface area contributed by atoms with Crippen LogP contribution in [0.2, 0.25) is 0 Å². The summed E-state index contributed by atoms with van der Waals surface area (Å²) in [6, 6.07) is 12.8. The number of ether oxygens (including phenoxy) is 1. The number of likely N-dealkylation sites (tertiary alicyclic amines) is 1. The van der Waals surface area contributed by atoms with Crippen molar-refractivity contribution in [1.82, 2.24) is 10.2 Å². The molecule has 0 aliphatic carbocycles. The van der Waals surface area contributed by atoms with Crippen molar-refractivity contribution in [2.75, 3.05) is 25.5 Å². The Morgan fingerprint density at radius 1 is 1.19 bits per heavy atom. The number of nitrogens with one attached hydrogen (secondary N) is 2. The third-order valence-electron chi connectivity index (χ3n) is 4.48. The van der Waals surface area contributed by atoms with Crippen molar-refractivity contribution in [3.63, 3.8) is 0 Å². The molecule has 7 heteroatoms. The smallest absolute Gasteiger partial charge is 0.319 e. The minimum absolute atomic E-state index is 0.0432. The number of benzene rings is 2. The normalized spacial score (nSPS) is 16.3. The van der Waals surface area contributed by atoms with Gasteiger partial charge in [-0.2, -0.15) is 0 Å². The molecule has 6 nitrogen and oxygen atoms in total. The first-order valence-corrected chi connectivity index (χ1v) is 8.74. The van der Waals surface area contributed by atoms with E-state index in [-0.39, 0.29) is 23.7 Å². The van der Waals surface area contributed by atoms with Crippen LogP contribution in [0.4, 0.5) is 14.9 Å². The molecule has 3 rings (SSSR count). The minimum Gasteiger partial charge on any atom is -0.497 e. The lowest BCUT2D eigenvalue weighted by molar-refractivity contribution is -0.128. The fourth-order valence-electron chi connectivity index (χ4n) is 3.04. The number of carbonyl (C=O) groups is 2. The van der Waals surface area contributed by atoms with Gasteiger partial charge < -0.3 is 20.3 Å². The highest BCUT2D eigenvalue weighted by molar-refractivity contribution is 5.89. The molecule has 142 valence electrons. The summed E-state index contributed by atoms with van der Waals surface area (Å²) < 4.78 is 18.1. The fourth-order valence-corrected chi connectivity index (χ4v) is 3.04. The molecule has 1 fully saturated rings. The Labute approximate surface area is 157 Å². The van der Waals surface area contributed by atoms with Gasteiger partial charge in [-0.1, -0.05) is 12.1 Å². The lowest BCUT2D eigenvalue weighted by Crippen LogP contribution is -2.34. The molecule has 1 aliphatic rings. The van der Waals surface area contributed by atoms with Gasteiger partial charge in [-0.15, -0.1) is 0 Å². The molecule has 1 atom stereocenters. The second-order valence-corrected chi connectivity index (χ2v) is 6.53. The second-order valence-electron chi connectivity index (χ2n) is 6.53. The van der Waals surface area contributed by atoms with Crippen LogP contribution < -0.4 is 15.4 Å². The fraction of sp³-hybridized carbons (Fsp3) is 0.300. The number of hydrogen-bond acceptors (Lipinski definition) is 3. The molecule has 1 aliphatic heterocycles. The SMILES string of the molecule is COc1ccc(NC(=O)NCC2CC(=O)N(Cc3ccc(F)cc3)C2)cc1. The van der Waals surface area contributed by atoms with Crippen molar-refractivity contribution in [2.24, 2.45) is 5.92 Å². The summed E-state index contributed by atoms with van der Waals surface area (Å²) in [5.41, 5.74) is 1.55. The van der Waals surface area contributed by atoms with Crippen molar-refractivity contribution < 1.29 is 18.7 Å². The molecule has 2 aromatic carbocycles. The van der Waals surface area contributed by atoms with Gasteiger partial charge in [-0.05, 0) is 42.0 Å². The highest BCUT2D eigenvalue weighted by atomic mass is 19.1. The van der Waals surface area contributed by atoms with Gasteiger partial charge in [-0.25, -0.2) is 9.18 Å². The molecule has 1 heterocycles. The average molecular weight is 371 g/mol. The number of halogens is 1. The van der Waals surface area contributed by atoms with Gasteiger partial charge in [-0.3, -0.25) is 4.79 Å². The molecule has 2 aromatic rings. The van der Waals surface area contributed by atoms with E-state index in [0.29, 0.717) is 37.5 Å². The van der Waals surface area contributed by atoms with E-state index in [1.165, 1.54) is 12.1 Å². The molecule has 0 saturated carbocycles. The number of rotatable bonds is 6. The molecule has 3 amide bonds. The van der Waals surface area contributed by atoms with Crippen LogP contribution in [0.5, 0.6) is 5.75 Å². The monoisotopic (exact) mass is 371 g/mol. The first-order valence-electron chi connectivity index (χ1n) is 8.74. The molecular weight excluding hydrogens is 349 g/mol. The average Bonchev–Trinajstić information content (AvgIpc) is 3.02. The summed E-state index contributed by atoms with van der Waals surface area (Å²) in [6.45, 7) is 1.43. The lowest BCUT2D eigenvalue weighted by Gasteiger charge is -2.17. The number of anilines is 1. The maximum Gasteiger partial charge on any atom is 0.319 e. The van der Waals surface area contributed by atoms with E-state index < -0.39 is 0 Å². The predicted octanol–water partition coefficient (Wildman–Crippen LogP) is 3.00. The zero-order valence-electron chi connectivity index (χ0n) is 15.1. The highest BCUT2D eigenvalue weighted by Gasteiger charge is 2.29. The van der Waals surface area contributed by atoms with Crippen molar-refractivity contribution in [3.05, 3.63) is 59.9 Å². The maximum atomic E-state index is 13.0. The summed E-state index contributed by atoms with van der Waals surface area (Å²) in [4.78, 5) is 25.9. The van der Waals surface area contributed by atoms with E-state index in [9.17, 15) is 14.0 Å². The summed E-state index contributed by atoms with van der Waals surface area (Å²) in [7, 11) is 1.58. The van der Waals surface area contributed by atoms with E-state index in [1.807, 2.05) is 0 Å². The zero-order valence-corrected chi connectivity index (χ0v) is 15.1. The Kier molecular flexibility index (Phi) is 5.90. The Bertz CT molecular complexity index is 793. The molecule has 0 spiro atoms.